The third-order valence-electron chi connectivity index (χ3n) is 3.29. The quantitative estimate of drug-likeness (QED) is 0.819. The van der Waals surface area contributed by atoms with Gasteiger partial charge in [-0.25, -0.2) is 0 Å². The predicted molar refractivity (Wildman–Crippen MR) is 62.5 cm³/mol. The van der Waals surface area contributed by atoms with E-state index in [1.54, 1.807) is 0 Å². The minimum absolute atomic E-state index is 0.534. The summed E-state index contributed by atoms with van der Waals surface area (Å²) in [6.07, 6.45) is 7.72. The van der Waals surface area contributed by atoms with Crippen LogP contribution in [0.1, 0.15) is 38.7 Å². The molecule has 2 heteroatoms. The molecule has 82 valence electrons. The molecule has 1 atom stereocenters. The monoisotopic (exact) mass is 204 g/mol. The van der Waals surface area contributed by atoms with Crippen molar-refractivity contribution in [2.75, 3.05) is 0 Å². The van der Waals surface area contributed by atoms with Gasteiger partial charge in [-0.15, -0.1) is 0 Å². The molecule has 1 saturated carbocycles. The molecule has 0 aliphatic heterocycles. The van der Waals surface area contributed by atoms with E-state index in [-0.39, 0.29) is 0 Å². The molecule has 1 N–H and O–H groups in total. The average Bonchev–Trinajstić information content (AvgIpc) is 2.57. The molecule has 1 unspecified atom stereocenters. The number of aromatic nitrogens is 1. The molecule has 2 rings (SSSR count). The second-order valence-electron chi connectivity index (χ2n) is 5.35. The predicted octanol–water partition coefficient (Wildman–Crippen LogP) is 2.75. The lowest BCUT2D eigenvalue weighted by atomic mass is 9.92. The van der Waals surface area contributed by atoms with E-state index >= 15 is 0 Å². The highest BCUT2D eigenvalue weighted by Crippen LogP contribution is 2.36. The maximum absolute atomic E-state index is 4.12. The Labute approximate surface area is 92.1 Å². The number of hydrogen-bond acceptors (Lipinski definition) is 2. The standard InChI is InChI=1S/C13H20N2/c1-13(2)6-5-12(8-13)15-10-11-4-3-7-14-9-11/h3-4,7,9,12,15H,5-6,8,10H2,1-2H3. The largest absolute Gasteiger partial charge is 0.310 e. The van der Waals surface area contributed by atoms with Gasteiger partial charge in [-0.2, -0.15) is 0 Å². The first-order valence-corrected chi connectivity index (χ1v) is 5.78. The van der Waals surface area contributed by atoms with Crippen LogP contribution in [0.4, 0.5) is 0 Å². The third-order valence-corrected chi connectivity index (χ3v) is 3.29. The van der Waals surface area contributed by atoms with Crippen LogP contribution in [0.3, 0.4) is 0 Å². The Balaban J connectivity index is 1.80. The topological polar surface area (TPSA) is 24.9 Å². The zero-order valence-corrected chi connectivity index (χ0v) is 9.66. The molecule has 2 nitrogen and oxygen atoms in total. The average molecular weight is 204 g/mol. The second-order valence-corrected chi connectivity index (χ2v) is 5.35. The summed E-state index contributed by atoms with van der Waals surface area (Å²) in [5, 5.41) is 3.61. The van der Waals surface area contributed by atoms with Crippen molar-refractivity contribution in [1.82, 2.24) is 10.3 Å². The molecule has 15 heavy (non-hydrogen) atoms. The van der Waals surface area contributed by atoms with Gasteiger partial charge in [-0.3, -0.25) is 4.98 Å². The Kier molecular flexibility index (Phi) is 3.06. The minimum atomic E-state index is 0.534. The van der Waals surface area contributed by atoms with E-state index < -0.39 is 0 Å². The van der Waals surface area contributed by atoms with Crippen molar-refractivity contribution >= 4 is 0 Å². The fraction of sp³-hybridized carbons (Fsp3) is 0.615. The fourth-order valence-electron chi connectivity index (χ4n) is 2.38. The van der Waals surface area contributed by atoms with Gasteiger partial charge in [-0.05, 0) is 36.3 Å². The zero-order chi connectivity index (χ0) is 10.7. The lowest BCUT2D eigenvalue weighted by molar-refractivity contribution is 0.364. The van der Waals surface area contributed by atoms with Gasteiger partial charge >= 0.3 is 0 Å². The van der Waals surface area contributed by atoms with E-state index in [1.165, 1.54) is 24.8 Å². The number of nitrogens with zero attached hydrogens (tertiary/aromatic N) is 1. The van der Waals surface area contributed by atoms with Crippen LogP contribution in [0.2, 0.25) is 0 Å². The summed E-state index contributed by atoms with van der Waals surface area (Å²) in [4.78, 5) is 4.12. The summed E-state index contributed by atoms with van der Waals surface area (Å²) in [7, 11) is 0. The summed E-state index contributed by atoms with van der Waals surface area (Å²) in [6, 6.07) is 4.82. The highest BCUT2D eigenvalue weighted by Gasteiger charge is 2.30. The van der Waals surface area contributed by atoms with E-state index in [0.29, 0.717) is 11.5 Å². The van der Waals surface area contributed by atoms with Crippen LogP contribution in [-0.2, 0) is 6.54 Å². The van der Waals surface area contributed by atoms with Crippen molar-refractivity contribution in [2.24, 2.45) is 5.41 Å². The van der Waals surface area contributed by atoms with Gasteiger partial charge in [0.15, 0.2) is 0 Å². The van der Waals surface area contributed by atoms with E-state index in [9.17, 15) is 0 Å². The highest BCUT2D eigenvalue weighted by atomic mass is 14.9. The maximum Gasteiger partial charge on any atom is 0.0312 e. The summed E-state index contributed by atoms with van der Waals surface area (Å²) in [5.74, 6) is 0. The van der Waals surface area contributed by atoms with Crippen molar-refractivity contribution in [1.29, 1.82) is 0 Å². The molecule has 1 fully saturated rings. The molecular formula is C13H20N2. The summed E-state index contributed by atoms with van der Waals surface area (Å²) < 4.78 is 0. The van der Waals surface area contributed by atoms with Gasteiger partial charge in [0.2, 0.25) is 0 Å². The van der Waals surface area contributed by atoms with Gasteiger partial charge in [0, 0.05) is 25.0 Å². The number of rotatable bonds is 3. The summed E-state index contributed by atoms with van der Waals surface area (Å²) >= 11 is 0. The lowest BCUT2D eigenvalue weighted by Crippen LogP contribution is -2.26. The first-order valence-electron chi connectivity index (χ1n) is 5.78. The fourth-order valence-corrected chi connectivity index (χ4v) is 2.38. The van der Waals surface area contributed by atoms with Crippen LogP contribution in [0.5, 0.6) is 0 Å². The second kappa shape index (κ2) is 4.31. The number of pyridine rings is 1. The minimum Gasteiger partial charge on any atom is -0.310 e. The van der Waals surface area contributed by atoms with Gasteiger partial charge < -0.3 is 5.32 Å². The van der Waals surface area contributed by atoms with Crippen LogP contribution in [0.15, 0.2) is 24.5 Å². The first kappa shape index (κ1) is 10.6. The molecule has 0 bridgehead atoms. The van der Waals surface area contributed by atoms with Gasteiger partial charge in [0.25, 0.3) is 0 Å². The van der Waals surface area contributed by atoms with Gasteiger partial charge in [0.1, 0.15) is 0 Å². The smallest absolute Gasteiger partial charge is 0.0312 e. The Morgan fingerprint density at radius 2 is 2.40 bits per heavy atom. The van der Waals surface area contributed by atoms with E-state index in [1.807, 2.05) is 18.5 Å². The van der Waals surface area contributed by atoms with Crippen molar-refractivity contribution in [3.05, 3.63) is 30.1 Å². The Morgan fingerprint density at radius 3 is 3.00 bits per heavy atom. The molecule has 1 aliphatic rings. The van der Waals surface area contributed by atoms with Crippen LogP contribution in [0, 0.1) is 5.41 Å². The summed E-state index contributed by atoms with van der Waals surface area (Å²) in [6.45, 7) is 5.67. The number of nitrogens with one attached hydrogen (secondary N) is 1. The van der Waals surface area contributed by atoms with Crippen molar-refractivity contribution in [3.8, 4) is 0 Å². The zero-order valence-electron chi connectivity index (χ0n) is 9.66. The van der Waals surface area contributed by atoms with E-state index in [0.717, 1.165) is 6.54 Å². The summed E-state index contributed by atoms with van der Waals surface area (Å²) in [5.41, 5.74) is 1.81. The maximum atomic E-state index is 4.12. The van der Waals surface area contributed by atoms with Crippen molar-refractivity contribution < 1.29 is 0 Å². The molecule has 1 heterocycles. The van der Waals surface area contributed by atoms with E-state index in [2.05, 4.69) is 30.2 Å². The van der Waals surface area contributed by atoms with Crippen molar-refractivity contribution in [2.45, 2.75) is 45.7 Å². The first-order chi connectivity index (χ1) is 7.16. The van der Waals surface area contributed by atoms with Crippen LogP contribution in [0.25, 0.3) is 0 Å². The van der Waals surface area contributed by atoms with Crippen LogP contribution in [-0.4, -0.2) is 11.0 Å². The molecule has 0 saturated heterocycles. The lowest BCUT2D eigenvalue weighted by Gasteiger charge is -2.17. The molecular weight excluding hydrogens is 184 g/mol. The number of hydrogen-bond donors (Lipinski definition) is 1. The molecule has 0 spiro atoms. The molecule has 1 aliphatic carbocycles. The Hall–Kier alpha value is -0.890. The van der Waals surface area contributed by atoms with Gasteiger partial charge in [-0.1, -0.05) is 19.9 Å². The molecule has 0 radical (unpaired) electrons. The molecule has 0 aromatic carbocycles. The highest BCUT2D eigenvalue weighted by molar-refractivity contribution is 5.08. The third kappa shape index (κ3) is 3.03. The van der Waals surface area contributed by atoms with Gasteiger partial charge in [0.05, 0.1) is 0 Å². The van der Waals surface area contributed by atoms with E-state index in [4.69, 9.17) is 0 Å². The Morgan fingerprint density at radius 1 is 1.53 bits per heavy atom. The van der Waals surface area contributed by atoms with Crippen LogP contribution < -0.4 is 5.32 Å². The SMILES string of the molecule is CC1(C)CCC(NCc2cccnc2)C1. The van der Waals surface area contributed by atoms with Crippen molar-refractivity contribution in [3.63, 3.8) is 0 Å². The Bertz CT molecular complexity index is 306. The molecule has 1 aromatic heterocycles. The van der Waals surface area contributed by atoms with Crippen LogP contribution >= 0.6 is 0 Å². The molecule has 1 aromatic rings. The normalized spacial score (nSPS) is 24.3. The molecule has 0 amide bonds.